The second kappa shape index (κ2) is 6.22. The molecule has 0 heterocycles. The Morgan fingerprint density at radius 2 is 2.25 bits per heavy atom. The molecule has 0 bridgehead atoms. The minimum Gasteiger partial charge on any atom is -0.468 e. The topological polar surface area (TPSA) is 9.23 Å². The molecule has 0 aromatic rings. The minimum atomic E-state index is -0.157. The molecule has 1 nitrogen and oxygen atoms in total. The molecular weight excluding hydrogens is 172 g/mol. The van der Waals surface area contributed by atoms with Crippen LogP contribution in [0.3, 0.4) is 0 Å². The summed E-state index contributed by atoms with van der Waals surface area (Å²) in [5.74, 6) is 0. The Morgan fingerprint density at radius 3 is 2.62 bits per heavy atom. The molecule has 0 aromatic heterocycles. The van der Waals surface area contributed by atoms with Gasteiger partial charge in [0.2, 0.25) is 0 Å². The molecule has 0 N–H and O–H groups in total. The summed E-state index contributed by atoms with van der Waals surface area (Å²) >= 11 is 8.23. The first-order valence-corrected chi connectivity index (χ1v) is 6.05. The van der Waals surface area contributed by atoms with E-state index in [4.69, 9.17) is 4.12 Å². The summed E-state index contributed by atoms with van der Waals surface area (Å²) in [5, 5.41) is 0. The van der Waals surface area contributed by atoms with Gasteiger partial charge in [-0.3, -0.25) is 0 Å². The molecule has 0 unspecified atom stereocenters. The van der Waals surface area contributed by atoms with Gasteiger partial charge in [0, 0.05) is 4.58 Å². The van der Waals surface area contributed by atoms with Crippen molar-refractivity contribution in [3.63, 3.8) is 0 Å². The average Bonchev–Trinajstić information content (AvgIpc) is 1.66. The van der Waals surface area contributed by atoms with E-state index in [0.717, 1.165) is 16.9 Å². The largest absolute Gasteiger partial charge is 0.468 e. The minimum absolute atomic E-state index is 0.157. The summed E-state index contributed by atoms with van der Waals surface area (Å²) in [4.78, 5) is 0. The van der Waals surface area contributed by atoms with Gasteiger partial charge >= 0.3 is 0 Å². The van der Waals surface area contributed by atoms with Gasteiger partial charge in [0.25, 0.3) is 0 Å². The summed E-state index contributed by atoms with van der Waals surface area (Å²) < 4.78 is 5.37. The average molecular weight is 184 g/mol. The second-order valence-electron chi connectivity index (χ2n) is 1.62. The van der Waals surface area contributed by atoms with Crippen molar-refractivity contribution >= 4 is 45.5 Å². The van der Waals surface area contributed by atoms with Crippen molar-refractivity contribution in [1.82, 2.24) is 0 Å². The molecule has 0 saturated heterocycles. The molecule has 50 valence electrons. The van der Waals surface area contributed by atoms with Crippen LogP contribution in [0.25, 0.3) is 0 Å². The molecule has 0 fully saturated rings. The molecule has 0 saturated carbocycles. The van der Waals surface area contributed by atoms with Crippen LogP contribution in [-0.4, -0.2) is 24.8 Å². The number of hydrogen-bond acceptors (Lipinski definition) is 3. The fraction of sp³-hybridized carbons (Fsp3) is 1.00. The highest BCUT2D eigenvalue weighted by molar-refractivity contribution is 7.99. The van der Waals surface area contributed by atoms with Gasteiger partial charge in [0.05, 0.1) is 0 Å². The van der Waals surface area contributed by atoms with Crippen LogP contribution < -0.4 is 0 Å². The van der Waals surface area contributed by atoms with E-state index in [-0.39, 0.29) is 14.3 Å². The van der Waals surface area contributed by atoms with E-state index in [1.165, 1.54) is 6.04 Å². The zero-order valence-corrected chi connectivity index (χ0v) is 10.2. The van der Waals surface area contributed by atoms with Crippen molar-refractivity contribution in [2.75, 3.05) is 0 Å². The smallest absolute Gasteiger partial charge is 0.145 e. The fourth-order valence-corrected chi connectivity index (χ4v) is 3.19. The van der Waals surface area contributed by atoms with Crippen LogP contribution >= 0.6 is 25.3 Å². The Hall–Kier alpha value is 1.09. The Morgan fingerprint density at radius 1 is 1.62 bits per heavy atom. The maximum atomic E-state index is 5.10. The predicted molar refractivity (Wildman–Crippen MR) is 50.8 cm³/mol. The van der Waals surface area contributed by atoms with E-state index in [1.807, 2.05) is 0 Å². The van der Waals surface area contributed by atoms with Gasteiger partial charge in [-0.1, -0.05) is 0 Å². The molecule has 0 aliphatic carbocycles. The predicted octanol–water partition coefficient (Wildman–Crippen LogP) is -0.639. The van der Waals surface area contributed by atoms with E-state index in [2.05, 4.69) is 25.3 Å². The van der Waals surface area contributed by atoms with Crippen molar-refractivity contribution in [2.24, 2.45) is 0 Å². The Balaban J connectivity index is 2.72. The Labute approximate surface area is 66.9 Å². The van der Waals surface area contributed by atoms with Crippen molar-refractivity contribution in [3.8, 4) is 0 Å². The summed E-state index contributed by atoms with van der Waals surface area (Å²) in [7, 11) is 0.754. The van der Waals surface area contributed by atoms with Gasteiger partial charge in [0.15, 0.2) is 0 Å². The van der Waals surface area contributed by atoms with E-state index in [0.29, 0.717) is 0 Å². The summed E-state index contributed by atoms with van der Waals surface area (Å²) in [6.07, 6.45) is 1.10. The van der Waals surface area contributed by atoms with Crippen LogP contribution in [-0.2, 0) is 4.12 Å². The first kappa shape index (κ1) is 9.09. The second-order valence-corrected chi connectivity index (χ2v) is 6.69. The molecule has 0 atom stereocenters. The molecule has 0 aromatic carbocycles. The van der Waals surface area contributed by atoms with Gasteiger partial charge in [-0.15, -0.1) is 0 Å². The van der Waals surface area contributed by atoms with Crippen molar-refractivity contribution < 1.29 is 4.12 Å². The number of rotatable bonds is 4. The van der Waals surface area contributed by atoms with Gasteiger partial charge in [0.1, 0.15) is 20.2 Å². The van der Waals surface area contributed by atoms with Gasteiger partial charge in [-0.05, 0) is 12.5 Å². The third kappa shape index (κ3) is 7.09. The molecule has 0 spiro atoms. The third-order valence-corrected chi connectivity index (χ3v) is 3.66. The zero-order chi connectivity index (χ0) is 6.41. The van der Waals surface area contributed by atoms with Gasteiger partial charge in [-0.2, -0.15) is 25.3 Å². The fourth-order valence-electron chi connectivity index (χ4n) is 0.410. The summed E-state index contributed by atoms with van der Waals surface area (Å²) in [5.41, 5.74) is 0. The van der Waals surface area contributed by atoms with E-state index < -0.39 is 0 Å². The van der Waals surface area contributed by atoms with Crippen LogP contribution in [0.4, 0.5) is 0 Å². The lowest BCUT2D eigenvalue weighted by molar-refractivity contribution is 0.657. The molecule has 0 rings (SSSR count). The number of thiol groups is 2. The molecule has 8 heavy (non-hydrogen) atoms. The Bertz CT molecular complexity index is 52.5. The first-order chi connectivity index (χ1) is 3.77. The quantitative estimate of drug-likeness (QED) is 0.256. The lowest BCUT2D eigenvalue weighted by Gasteiger charge is -1.99. The van der Waals surface area contributed by atoms with Crippen LogP contribution in [0.1, 0.15) is 6.42 Å². The van der Waals surface area contributed by atoms with Crippen LogP contribution in [0.15, 0.2) is 0 Å². The maximum Gasteiger partial charge on any atom is 0.145 e. The van der Waals surface area contributed by atoms with Crippen LogP contribution in [0, 0.1) is 0 Å². The Kier molecular flexibility index (Phi) is 7.07. The van der Waals surface area contributed by atoms with Crippen molar-refractivity contribution in [2.45, 2.75) is 17.0 Å². The van der Waals surface area contributed by atoms with Crippen LogP contribution in [0.5, 0.6) is 0 Å². The highest BCUT2D eigenvalue weighted by Gasteiger charge is 1.93. The molecule has 0 aliphatic rings. The highest BCUT2D eigenvalue weighted by atomic mass is 32.2. The SMILES string of the molecule is [SiH3]O[SiH2]CCC(S)S. The normalized spacial score (nSPS) is 12.4. The summed E-state index contributed by atoms with van der Waals surface area (Å²) in [6.45, 7) is 0. The van der Waals surface area contributed by atoms with Crippen molar-refractivity contribution in [1.29, 1.82) is 0 Å². The molecule has 0 amide bonds. The van der Waals surface area contributed by atoms with Gasteiger partial charge in [-0.25, -0.2) is 0 Å². The monoisotopic (exact) mass is 184 g/mol. The highest BCUT2D eigenvalue weighted by Crippen LogP contribution is 2.07. The summed E-state index contributed by atoms with van der Waals surface area (Å²) in [6, 6.07) is 1.22. The number of hydrogen-bond donors (Lipinski definition) is 2. The lowest BCUT2D eigenvalue weighted by atomic mass is 10.6. The first-order valence-electron chi connectivity index (χ1n) is 2.62. The lowest BCUT2D eigenvalue weighted by Crippen LogP contribution is -1.96. The maximum absolute atomic E-state index is 5.10. The third-order valence-electron chi connectivity index (χ3n) is 0.811. The van der Waals surface area contributed by atoms with Gasteiger partial charge < -0.3 is 4.12 Å². The van der Waals surface area contributed by atoms with E-state index >= 15 is 0 Å². The molecule has 5 heteroatoms. The van der Waals surface area contributed by atoms with E-state index in [1.54, 1.807) is 0 Å². The zero-order valence-electron chi connectivity index (χ0n) is 5.00. The molecular formula is C3H12OS2Si2. The standard InChI is InChI=1S/C3H12OS2Si2/c5-3(6)1-2-8-4-7/h3,5-6H,1-2,8H2,7H3. The van der Waals surface area contributed by atoms with E-state index in [9.17, 15) is 0 Å². The molecule has 0 radical (unpaired) electrons. The van der Waals surface area contributed by atoms with Crippen LogP contribution in [0.2, 0.25) is 6.04 Å². The molecule has 0 aliphatic heterocycles. The van der Waals surface area contributed by atoms with Crippen molar-refractivity contribution in [3.05, 3.63) is 0 Å².